The van der Waals surface area contributed by atoms with E-state index in [1.165, 1.54) is 0 Å². The van der Waals surface area contributed by atoms with Crippen LogP contribution >= 0.6 is 0 Å². The normalized spacial score (nSPS) is 12.0. The van der Waals surface area contributed by atoms with Gasteiger partial charge < -0.3 is 5.32 Å². The third-order valence-corrected chi connectivity index (χ3v) is 3.20. The number of nitrogens with zero attached hydrogens (tertiary/aromatic N) is 3. The van der Waals surface area contributed by atoms with Gasteiger partial charge in [0, 0.05) is 11.9 Å². The van der Waals surface area contributed by atoms with E-state index in [9.17, 15) is 4.79 Å². The number of rotatable bonds is 4. The zero-order chi connectivity index (χ0) is 15.4. The summed E-state index contributed by atoms with van der Waals surface area (Å²) in [5.41, 5.74) is 3.14. The Hall–Kier alpha value is -2.30. The third-order valence-electron chi connectivity index (χ3n) is 3.20. The van der Waals surface area contributed by atoms with Crippen molar-refractivity contribution in [2.24, 2.45) is 0 Å². The van der Waals surface area contributed by atoms with Crippen LogP contribution in [0.25, 0.3) is 0 Å². The Balaban J connectivity index is 2.18. The Morgan fingerprint density at radius 1 is 1.24 bits per heavy atom. The summed E-state index contributed by atoms with van der Waals surface area (Å²) in [6.07, 6.45) is 2.58. The predicted molar refractivity (Wildman–Crippen MR) is 81.0 cm³/mol. The van der Waals surface area contributed by atoms with Crippen molar-refractivity contribution in [3.05, 3.63) is 52.9 Å². The lowest BCUT2D eigenvalue weighted by molar-refractivity contribution is 0.0929. The average Bonchev–Trinajstić information content (AvgIpc) is 2.44. The maximum absolute atomic E-state index is 12.3. The lowest BCUT2D eigenvalue weighted by atomic mass is 10.1. The van der Waals surface area contributed by atoms with E-state index >= 15 is 0 Å². The van der Waals surface area contributed by atoms with Crippen LogP contribution in [0, 0.1) is 20.8 Å². The van der Waals surface area contributed by atoms with E-state index in [2.05, 4.69) is 20.3 Å². The number of nitrogens with one attached hydrogen (secondary N) is 1. The highest BCUT2D eigenvalue weighted by Crippen LogP contribution is 2.15. The largest absolute Gasteiger partial charge is 0.342 e. The molecule has 1 atom stereocenters. The number of carbonyl (C=O) groups excluding carboxylic acids is 1. The summed E-state index contributed by atoms with van der Waals surface area (Å²) >= 11 is 0. The van der Waals surface area contributed by atoms with Crippen molar-refractivity contribution in [2.45, 2.75) is 40.2 Å². The van der Waals surface area contributed by atoms with Gasteiger partial charge in [-0.1, -0.05) is 13.0 Å². The number of carbonyl (C=O) groups is 1. The fourth-order valence-electron chi connectivity index (χ4n) is 2.14. The summed E-state index contributed by atoms with van der Waals surface area (Å²) in [5.74, 6) is 0.402. The van der Waals surface area contributed by atoms with E-state index in [4.69, 9.17) is 0 Å². The lowest BCUT2D eigenvalue weighted by Gasteiger charge is -2.16. The molecular weight excluding hydrogens is 264 g/mol. The fraction of sp³-hybridized carbons (Fsp3) is 0.375. The highest BCUT2D eigenvalue weighted by atomic mass is 16.1. The predicted octanol–water partition coefficient (Wildman–Crippen LogP) is 2.68. The van der Waals surface area contributed by atoms with E-state index in [0.717, 1.165) is 23.4 Å². The SMILES string of the molecule is CCC(NC(=O)c1cc(C)nc(C)n1)c1ccc(C)cn1. The second kappa shape index (κ2) is 6.43. The first-order valence-electron chi connectivity index (χ1n) is 7.05. The molecule has 0 bridgehead atoms. The van der Waals surface area contributed by atoms with Gasteiger partial charge in [-0.2, -0.15) is 0 Å². The molecule has 0 fully saturated rings. The molecule has 21 heavy (non-hydrogen) atoms. The molecular formula is C16H20N4O. The Morgan fingerprint density at radius 3 is 2.57 bits per heavy atom. The van der Waals surface area contributed by atoms with Crippen molar-refractivity contribution in [2.75, 3.05) is 0 Å². The first kappa shape index (κ1) is 15.1. The van der Waals surface area contributed by atoms with Gasteiger partial charge in [0.2, 0.25) is 0 Å². The van der Waals surface area contributed by atoms with Crippen molar-refractivity contribution in [1.82, 2.24) is 20.3 Å². The van der Waals surface area contributed by atoms with Gasteiger partial charge in [0.15, 0.2) is 0 Å². The molecule has 5 heteroatoms. The van der Waals surface area contributed by atoms with E-state index in [1.807, 2.05) is 39.1 Å². The first-order valence-corrected chi connectivity index (χ1v) is 7.05. The van der Waals surface area contributed by atoms with Gasteiger partial charge in [0.05, 0.1) is 11.7 Å². The number of amides is 1. The zero-order valence-corrected chi connectivity index (χ0v) is 12.8. The van der Waals surface area contributed by atoms with Crippen LogP contribution < -0.4 is 5.32 Å². The van der Waals surface area contributed by atoms with Crippen LogP contribution in [0.1, 0.15) is 52.7 Å². The molecule has 2 aromatic heterocycles. The molecule has 1 unspecified atom stereocenters. The maximum atomic E-state index is 12.3. The van der Waals surface area contributed by atoms with Gasteiger partial charge in [-0.15, -0.1) is 0 Å². The molecule has 0 aliphatic carbocycles. The monoisotopic (exact) mass is 284 g/mol. The molecule has 0 aliphatic rings. The highest BCUT2D eigenvalue weighted by Gasteiger charge is 2.16. The summed E-state index contributed by atoms with van der Waals surface area (Å²) in [4.78, 5) is 25.1. The van der Waals surface area contributed by atoms with Gasteiger partial charge in [-0.05, 0) is 44.9 Å². The molecule has 110 valence electrons. The van der Waals surface area contributed by atoms with Crippen LogP contribution in [0.3, 0.4) is 0 Å². The molecule has 5 nitrogen and oxygen atoms in total. The molecule has 0 spiro atoms. The summed E-state index contributed by atoms with van der Waals surface area (Å²) in [5, 5.41) is 2.98. The van der Waals surface area contributed by atoms with Crippen LogP contribution in [0.2, 0.25) is 0 Å². The highest BCUT2D eigenvalue weighted by molar-refractivity contribution is 5.92. The first-order chi connectivity index (χ1) is 9.99. The molecule has 0 radical (unpaired) electrons. The minimum absolute atomic E-state index is 0.117. The van der Waals surface area contributed by atoms with Gasteiger partial charge in [-0.25, -0.2) is 9.97 Å². The van der Waals surface area contributed by atoms with E-state index < -0.39 is 0 Å². The summed E-state index contributed by atoms with van der Waals surface area (Å²) in [7, 11) is 0. The quantitative estimate of drug-likeness (QED) is 0.937. The Labute approximate surface area is 124 Å². The second-order valence-corrected chi connectivity index (χ2v) is 5.14. The van der Waals surface area contributed by atoms with E-state index in [1.54, 1.807) is 13.0 Å². The molecule has 0 aromatic carbocycles. The number of aromatic nitrogens is 3. The second-order valence-electron chi connectivity index (χ2n) is 5.14. The minimum atomic E-state index is -0.196. The van der Waals surface area contributed by atoms with Crippen molar-refractivity contribution in [3.8, 4) is 0 Å². The molecule has 0 saturated heterocycles. The van der Waals surface area contributed by atoms with E-state index in [0.29, 0.717) is 11.5 Å². The molecule has 0 saturated carbocycles. The van der Waals surface area contributed by atoms with Crippen LogP contribution in [0.15, 0.2) is 24.4 Å². The van der Waals surface area contributed by atoms with Gasteiger partial charge >= 0.3 is 0 Å². The van der Waals surface area contributed by atoms with Gasteiger partial charge in [-0.3, -0.25) is 9.78 Å². The molecule has 2 heterocycles. The Bertz CT molecular complexity index is 617. The number of hydrogen-bond acceptors (Lipinski definition) is 4. The third kappa shape index (κ3) is 3.84. The topological polar surface area (TPSA) is 67.8 Å². The Morgan fingerprint density at radius 2 is 2.00 bits per heavy atom. The van der Waals surface area contributed by atoms with Gasteiger partial charge in [0.1, 0.15) is 11.5 Å². The maximum Gasteiger partial charge on any atom is 0.270 e. The standard InChI is InChI=1S/C16H20N4O/c1-5-13(14-7-6-10(2)9-17-14)20-16(21)15-8-11(3)18-12(4)19-15/h6-9,13H,5H2,1-4H3,(H,20,21). The number of pyridine rings is 1. The molecule has 2 rings (SSSR count). The van der Waals surface area contributed by atoms with Crippen molar-refractivity contribution in [3.63, 3.8) is 0 Å². The summed E-state index contributed by atoms with van der Waals surface area (Å²) in [6, 6.07) is 5.52. The van der Waals surface area contributed by atoms with Gasteiger partial charge in [0.25, 0.3) is 5.91 Å². The van der Waals surface area contributed by atoms with Crippen molar-refractivity contribution < 1.29 is 4.79 Å². The molecule has 1 N–H and O–H groups in total. The van der Waals surface area contributed by atoms with Crippen molar-refractivity contribution >= 4 is 5.91 Å². The zero-order valence-electron chi connectivity index (χ0n) is 12.8. The number of aryl methyl sites for hydroxylation is 3. The van der Waals surface area contributed by atoms with Crippen molar-refractivity contribution in [1.29, 1.82) is 0 Å². The van der Waals surface area contributed by atoms with Crippen LogP contribution in [0.5, 0.6) is 0 Å². The Kier molecular flexibility index (Phi) is 4.62. The lowest BCUT2D eigenvalue weighted by Crippen LogP contribution is -2.29. The van der Waals surface area contributed by atoms with Crippen LogP contribution in [-0.4, -0.2) is 20.9 Å². The smallest absolute Gasteiger partial charge is 0.270 e. The summed E-state index contributed by atoms with van der Waals surface area (Å²) in [6.45, 7) is 7.64. The molecule has 2 aromatic rings. The van der Waals surface area contributed by atoms with Crippen LogP contribution in [-0.2, 0) is 0 Å². The molecule has 0 aliphatic heterocycles. The molecule has 1 amide bonds. The summed E-state index contributed by atoms with van der Waals surface area (Å²) < 4.78 is 0. The van der Waals surface area contributed by atoms with Crippen LogP contribution in [0.4, 0.5) is 0 Å². The van der Waals surface area contributed by atoms with E-state index in [-0.39, 0.29) is 11.9 Å². The average molecular weight is 284 g/mol. The number of hydrogen-bond donors (Lipinski definition) is 1. The fourth-order valence-corrected chi connectivity index (χ4v) is 2.14. The minimum Gasteiger partial charge on any atom is -0.342 e.